The summed E-state index contributed by atoms with van der Waals surface area (Å²) in [6.07, 6.45) is 8.43. The molecular weight excluding hydrogens is 248 g/mol. The van der Waals surface area contributed by atoms with Crippen LogP contribution < -0.4 is 5.32 Å². The molecule has 0 aliphatic carbocycles. The number of aryl methyl sites for hydroxylation is 1. The van der Waals surface area contributed by atoms with Gasteiger partial charge in [-0.1, -0.05) is 31.0 Å². The average Bonchev–Trinajstić information content (AvgIpc) is 2.81. The fourth-order valence-electron chi connectivity index (χ4n) is 3.05. The zero-order chi connectivity index (χ0) is 13.8. The fourth-order valence-corrected chi connectivity index (χ4v) is 3.05. The number of amides is 1. The highest BCUT2D eigenvalue weighted by Crippen LogP contribution is 2.22. The molecule has 0 atom stereocenters. The van der Waals surface area contributed by atoms with Crippen molar-refractivity contribution in [3.8, 4) is 0 Å². The van der Waals surface area contributed by atoms with E-state index in [0.29, 0.717) is 6.42 Å². The highest BCUT2D eigenvalue weighted by molar-refractivity contribution is 5.84. The number of hydrogen-bond acceptors (Lipinski definition) is 1. The number of nitrogens with one attached hydrogen (secondary N) is 1. The molecule has 0 radical (unpaired) electrons. The number of aromatic nitrogens is 1. The van der Waals surface area contributed by atoms with E-state index in [2.05, 4.69) is 40.3 Å². The molecule has 3 rings (SSSR count). The summed E-state index contributed by atoms with van der Waals surface area (Å²) in [5.41, 5.74) is 2.67. The third-order valence-corrected chi connectivity index (χ3v) is 4.14. The number of carbonyl (C=O) groups excluding carboxylic acids is 1. The van der Waals surface area contributed by atoms with E-state index in [1.165, 1.54) is 29.3 Å². The summed E-state index contributed by atoms with van der Waals surface area (Å²) in [5, 5.41) is 4.37. The Bertz CT molecular complexity index is 600. The minimum atomic E-state index is 0.202. The average molecular weight is 270 g/mol. The van der Waals surface area contributed by atoms with Crippen molar-refractivity contribution >= 4 is 16.8 Å². The lowest BCUT2D eigenvalue weighted by atomic mass is 10.1. The van der Waals surface area contributed by atoms with Crippen LogP contribution in [0.3, 0.4) is 0 Å². The number of benzene rings is 1. The van der Waals surface area contributed by atoms with Gasteiger partial charge in [-0.2, -0.15) is 0 Å². The molecule has 2 heterocycles. The molecule has 2 aromatic rings. The number of nitrogens with zero attached hydrogens (tertiary/aromatic N) is 1. The second kappa shape index (κ2) is 6.12. The van der Waals surface area contributed by atoms with Crippen molar-refractivity contribution in [3.63, 3.8) is 0 Å². The largest absolute Gasteiger partial charge is 0.356 e. The van der Waals surface area contributed by atoms with E-state index in [4.69, 9.17) is 0 Å². The monoisotopic (exact) mass is 270 g/mol. The molecule has 0 spiro atoms. The predicted octanol–water partition coefficient (Wildman–Crippen LogP) is 3.26. The maximum atomic E-state index is 11.7. The molecule has 0 saturated carbocycles. The maximum Gasteiger partial charge on any atom is 0.220 e. The van der Waals surface area contributed by atoms with E-state index in [1.54, 1.807) is 0 Å². The Hall–Kier alpha value is -1.77. The number of carbonyl (C=O) groups is 1. The van der Waals surface area contributed by atoms with Gasteiger partial charge in [0, 0.05) is 36.6 Å². The first kappa shape index (κ1) is 13.2. The van der Waals surface area contributed by atoms with Crippen LogP contribution in [0, 0.1) is 0 Å². The van der Waals surface area contributed by atoms with Gasteiger partial charge in [0.05, 0.1) is 0 Å². The zero-order valence-electron chi connectivity index (χ0n) is 11.9. The molecule has 0 fully saturated rings. The van der Waals surface area contributed by atoms with Crippen LogP contribution in [-0.2, 0) is 17.8 Å². The van der Waals surface area contributed by atoms with Crippen LogP contribution in [0.1, 0.15) is 37.7 Å². The minimum absolute atomic E-state index is 0.202. The SMILES string of the molecule is O=C1CCCCCCn2cc(c3ccccc32)CCN1. The Balaban J connectivity index is 1.88. The second-order valence-corrected chi connectivity index (χ2v) is 5.63. The van der Waals surface area contributed by atoms with E-state index >= 15 is 0 Å². The zero-order valence-corrected chi connectivity index (χ0v) is 11.9. The van der Waals surface area contributed by atoms with Gasteiger partial charge in [0.2, 0.25) is 5.91 Å². The summed E-state index contributed by atoms with van der Waals surface area (Å²) in [6.45, 7) is 1.83. The summed E-state index contributed by atoms with van der Waals surface area (Å²) >= 11 is 0. The van der Waals surface area contributed by atoms with Gasteiger partial charge in [-0.3, -0.25) is 4.79 Å². The van der Waals surface area contributed by atoms with Crippen LogP contribution in [0.2, 0.25) is 0 Å². The minimum Gasteiger partial charge on any atom is -0.356 e. The molecule has 1 aromatic carbocycles. The molecule has 3 nitrogen and oxygen atoms in total. The Morgan fingerprint density at radius 1 is 1.00 bits per heavy atom. The van der Waals surface area contributed by atoms with Crippen LogP contribution in [0.5, 0.6) is 0 Å². The van der Waals surface area contributed by atoms with Gasteiger partial charge in [0.15, 0.2) is 0 Å². The Labute approximate surface area is 120 Å². The van der Waals surface area contributed by atoms with Gasteiger partial charge in [-0.05, 0) is 30.9 Å². The molecule has 1 N–H and O–H groups in total. The molecule has 3 heteroatoms. The smallest absolute Gasteiger partial charge is 0.220 e. The van der Waals surface area contributed by atoms with Crippen LogP contribution in [0.15, 0.2) is 30.5 Å². The first-order valence-corrected chi connectivity index (χ1v) is 7.68. The molecule has 1 aliphatic heterocycles. The fraction of sp³-hybridized carbons (Fsp3) is 0.471. The van der Waals surface area contributed by atoms with Gasteiger partial charge in [-0.25, -0.2) is 0 Å². The third-order valence-electron chi connectivity index (χ3n) is 4.14. The summed E-state index contributed by atoms with van der Waals surface area (Å²) < 4.78 is 2.38. The van der Waals surface area contributed by atoms with Gasteiger partial charge < -0.3 is 9.88 Å². The first-order valence-electron chi connectivity index (χ1n) is 7.68. The highest BCUT2D eigenvalue weighted by atomic mass is 16.1. The molecule has 1 aliphatic rings. The number of rotatable bonds is 0. The van der Waals surface area contributed by atoms with Gasteiger partial charge in [0.25, 0.3) is 0 Å². The Kier molecular flexibility index (Phi) is 4.05. The topological polar surface area (TPSA) is 34.0 Å². The van der Waals surface area contributed by atoms with Gasteiger partial charge in [0.1, 0.15) is 0 Å². The van der Waals surface area contributed by atoms with Crippen molar-refractivity contribution in [1.29, 1.82) is 0 Å². The van der Waals surface area contributed by atoms with Crippen molar-refractivity contribution in [3.05, 3.63) is 36.0 Å². The van der Waals surface area contributed by atoms with Crippen LogP contribution in [-0.4, -0.2) is 17.0 Å². The van der Waals surface area contributed by atoms with E-state index in [-0.39, 0.29) is 5.91 Å². The Morgan fingerprint density at radius 2 is 1.85 bits per heavy atom. The van der Waals surface area contributed by atoms with Crippen molar-refractivity contribution in [2.75, 3.05) is 6.54 Å². The van der Waals surface area contributed by atoms with E-state index in [9.17, 15) is 4.79 Å². The molecule has 20 heavy (non-hydrogen) atoms. The lowest BCUT2D eigenvalue weighted by Crippen LogP contribution is -2.25. The van der Waals surface area contributed by atoms with Gasteiger partial charge >= 0.3 is 0 Å². The van der Waals surface area contributed by atoms with Crippen molar-refractivity contribution in [2.24, 2.45) is 0 Å². The molecule has 1 amide bonds. The summed E-state index contributed by atoms with van der Waals surface area (Å²) in [4.78, 5) is 11.7. The number of hydrogen-bond donors (Lipinski definition) is 1. The third kappa shape index (κ3) is 2.87. The molecule has 2 bridgehead atoms. The highest BCUT2D eigenvalue weighted by Gasteiger charge is 2.09. The standard InChI is InChI=1S/C17H22N2O/c20-17-9-3-1-2-6-12-19-13-14(10-11-18-17)15-7-4-5-8-16(15)19/h4-5,7-8,13H,1-3,6,9-12H2,(H,18,20). The van der Waals surface area contributed by atoms with E-state index in [1.807, 2.05) is 0 Å². The summed E-state index contributed by atoms with van der Waals surface area (Å²) in [5.74, 6) is 0.202. The van der Waals surface area contributed by atoms with Crippen molar-refractivity contribution in [1.82, 2.24) is 9.88 Å². The first-order chi connectivity index (χ1) is 9.84. The lowest BCUT2D eigenvalue weighted by Gasteiger charge is -2.06. The summed E-state index contributed by atoms with van der Waals surface area (Å²) in [7, 11) is 0. The quantitative estimate of drug-likeness (QED) is 0.783. The predicted molar refractivity (Wildman–Crippen MR) is 81.7 cm³/mol. The molecule has 106 valence electrons. The van der Waals surface area contributed by atoms with Crippen LogP contribution in [0.4, 0.5) is 0 Å². The second-order valence-electron chi connectivity index (χ2n) is 5.63. The van der Waals surface area contributed by atoms with Crippen LogP contribution in [0.25, 0.3) is 10.9 Å². The normalized spacial score (nSPS) is 17.9. The molecular formula is C17H22N2O. The van der Waals surface area contributed by atoms with E-state index < -0.39 is 0 Å². The Morgan fingerprint density at radius 3 is 2.80 bits per heavy atom. The number of fused-ring (bicyclic) bond motifs is 5. The van der Waals surface area contributed by atoms with Crippen molar-refractivity contribution < 1.29 is 4.79 Å². The van der Waals surface area contributed by atoms with Crippen LogP contribution >= 0.6 is 0 Å². The maximum absolute atomic E-state index is 11.7. The number of para-hydroxylation sites is 1. The van der Waals surface area contributed by atoms with E-state index in [0.717, 1.165) is 32.4 Å². The molecule has 0 unspecified atom stereocenters. The molecule has 1 aromatic heterocycles. The van der Waals surface area contributed by atoms with Crippen molar-refractivity contribution in [2.45, 2.75) is 45.1 Å². The van der Waals surface area contributed by atoms with Gasteiger partial charge in [-0.15, -0.1) is 0 Å². The summed E-state index contributed by atoms with van der Waals surface area (Å²) in [6, 6.07) is 8.59. The lowest BCUT2D eigenvalue weighted by molar-refractivity contribution is -0.121. The molecule has 0 saturated heterocycles.